The van der Waals surface area contributed by atoms with Crippen LogP contribution < -0.4 is 5.32 Å². The zero-order chi connectivity index (χ0) is 29.1. The quantitative estimate of drug-likeness (QED) is 0.344. The number of nitrogens with one attached hydrogen (secondary N) is 1. The number of carbonyl (C=O) groups excluding carboxylic acids is 1. The SMILES string of the molecule is Cc1nc(Nc2ccc(C(=O)O)cc2)ncc1CN1CCC(N2C(=O)N(C3CCCCC3)C[C@H]2c2ccccc2)CC1. The van der Waals surface area contributed by atoms with E-state index in [0.717, 1.165) is 68.8 Å². The number of aryl methyl sites for hydroxylation is 1. The number of anilines is 2. The molecule has 3 aromatic rings. The zero-order valence-corrected chi connectivity index (χ0v) is 24.3. The fourth-order valence-corrected chi connectivity index (χ4v) is 6.81. The van der Waals surface area contributed by atoms with Gasteiger partial charge in [0.2, 0.25) is 5.95 Å². The van der Waals surface area contributed by atoms with Crippen molar-refractivity contribution in [2.75, 3.05) is 25.0 Å². The van der Waals surface area contributed by atoms with Crippen molar-refractivity contribution < 1.29 is 14.7 Å². The van der Waals surface area contributed by atoms with E-state index in [1.54, 1.807) is 24.3 Å². The van der Waals surface area contributed by atoms with Crippen LogP contribution in [-0.2, 0) is 6.54 Å². The fraction of sp³-hybridized carbons (Fsp3) is 0.455. The first kappa shape index (κ1) is 28.2. The van der Waals surface area contributed by atoms with Crippen LogP contribution in [0, 0.1) is 6.92 Å². The maximum Gasteiger partial charge on any atom is 0.335 e. The molecule has 2 amide bonds. The van der Waals surface area contributed by atoms with Crippen LogP contribution in [0.2, 0.25) is 0 Å². The van der Waals surface area contributed by atoms with Crippen molar-refractivity contribution >= 4 is 23.6 Å². The number of rotatable bonds is 8. The summed E-state index contributed by atoms with van der Waals surface area (Å²) in [6.45, 7) is 5.42. The standard InChI is InChI=1S/C33H40N6O3/c1-23-26(20-34-32(35-23)36-27-14-12-25(13-15-27)31(40)41)21-37-18-16-29(17-19-37)39-30(24-8-4-2-5-9-24)22-38(33(39)42)28-10-6-3-7-11-28/h2,4-5,8-9,12-15,20,28-30H,3,6-7,10-11,16-19,21-22H2,1H3,(H,40,41)(H,34,35,36)/t30-/m0/s1. The van der Waals surface area contributed by atoms with E-state index < -0.39 is 5.97 Å². The largest absolute Gasteiger partial charge is 0.478 e. The minimum Gasteiger partial charge on any atom is -0.478 e. The average Bonchev–Trinajstić information content (AvgIpc) is 3.37. The molecular weight excluding hydrogens is 528 g/mol. The Balaban J connectivity index is 1.08. The molecule has 0 unspecified atom stereocenters. The second kappa shape index (κ2) is 12.5. The van der Waals surface area contributed by atoms with Crippen molar-refractivity contribution in [2.24, 2.45) is 0 Å². The number of hydrogen-bond donors (Lipinski definition) is 2. The number of amides is 2. The Hall–Kier alpha value is -3.98. The molecule has 42 heavy (non-hydrogen) atoms. The van der Waals surface area contributed by atoms with Crippen LogP contribution in [0.15, 0.2) is 60.8 Å². The van der Waals surface area contributed by atoms with Crippen LogP contribution in [0.5, 0.6) is 0 Å². The van der Waals surface area contributed by atoms with Gasteiger partial charge in [0.05, 0.1) is 11.6 Å². The highest BCUT2D eigenvalue weighted by atomic mass is 16.4. The monoisotopic (exact) mass is 568 g/mol. The smallest absolute Gasteiger partial charge is 0.335 e. The van der Waals surface area contributed by atoms with E-state index in [9.17, 15) is 9.59 Å². The first-order chi connectivity index (χ1) is 20.5. The lowest BCUT2D eigenvalue weighted by Gasteiger charge is -2.39. The van der Waals surface area contributed by atoms with Crippen molar-refractivity contribution in [3.05, 3.63) is 83.2 Å². The molecule has 3 fully saturated rings. The van der Waals surface area contributed by atoms with Gasteiger partial charge in [-0.05, 0) is 62.4 Å². The van der Waals surface area contributed by atoms with Crippen LogP contribution in [0.1, 0.15) is 78.2 Å². The third-order valence-corrected chi connectivity index (χ3v) is 9.19. The molecular formula is C33H40N6O3. The van der Waals surface area contributed by atoms with E-state index in [4.69, 9.17) is 5.11 Å². The molecule has 0 spiro atoms. The lowest BCUT2D eigenvalue weighted by atomic mass is 9.94. The predicted octanol–water partition coefficient (Wildman–Crippen LogP) is 6.00. The molecule has 1 aliphatic carbocycles. The predicted molar refractivity (Wildman–Crippen MR) is 162 cm³/mol. The summed E-state index contributed by atoms with van der Waals surface area (Å²) in [5, 5.41) is 12.3. The Morgan fingerprint density at radius 2 is 1.67 bits per heavy atom. The third kappa shape index (κ3) is 6.11. The van der Waals surface area contributed by atoms with Crippen molar-refractivity contribution in [3.63, 3.8) is 0 Å². The highest BCUT2D eigenvalue weighted by Gasteiger charge is 2.45. The van der Waals surface area contributed by atoms with Gasteiger partial charge in [0.25, 0.3) is 0 Å². The Bertz CT molecular complexity index is 1380. The Morgan fingerprint density at radius 3 is 2.33 bits per heavy atom. The molecule has 9 nitrogen and oxygen atoms in total. The topological polar surface area (TPSA) is 102 Å². The maximum absolute atomic E-state index is 13.9. The van der Waals surface area contributed by atoms with Gasteiger partial charge >= 0.3 is 12.0 Å². The molecule has 3 heterocycles. The van der Waals surface area contributed by atoms with Gasteiger partial charge in [0, 0.05) is 61.4 Å². The van der Waals surface area contributed by atoms with Crippen LogP contribution in [0.3, 0.4) is 0 Å². The normalized spacial score (nSPS) is 20.7. The van der Waals surface area contributed by atoms with Crippen LogP contribution >= 0.6 is 0 Å². The molecule has 0 bridgehead atoms. The number of urea groups is 1. The van der Waals surface area contributed by atoms with E-state index in [1.807, 2.05) is 13.1 Å². The Labute approximate surface area is 247 Å². The van der Waals surface area contributed by atoms with Gasteiger partial charge in [-0.25, -0.2) is 19.6 Å². The summed E-state index contributed by atoms with van der Waals surface area (Å²) in [7, 11) is 0. The minimum absolute atomic E-state index is 0.119. The Morgan fingerprint density at radius 1 is 0.952 bits per heavy atom. The summed E-state index contributed by atoms with van der Waals surface area (Å²) in [5.41, 5.74) is 4.22. The summed E-state index contributed by atoms with van der Waals surface area (Å²) < 4.78 is 0. The second-order valence-corrected chi connectivity index (χ2v) is 11.9. The van der Waals surface area contributed by atoms with Crippen molar-refractivity contribution in [1.29, 1.82) is 0 Å². The number of carbonyl (C=O) groups is 2. The molecule has 2 aromatic carbocycles. The number of carboxylic acids is 1. The molecule has 9 heteroatoms. The average molecular weight is 569 g/mol. The highest BCUT2D eigenvalue weighted by molar-refractivity contribution is 5.88. The van der Waals surface area contributed by atoms with Gasteiger partial charge in [0.15, 0.2) is 0 Å². The molecule has 1 saturated carbocycles. The molecule has 3 aliphatic rings. The van der Waals surface area contributed by atoms with Crippen LogP contribution in [0.25, 0.3) is 0 Å². The summed E-state index contributed by atoms with van der Waals surface area (Å²) in [5.74, 6) is -0.466. The van der Waals surface area contributed by atoms with Crippen molar-refractivity contribution in [2.45, 2.75) is 76.5 Å². The summed E-state index contributed by atoms with van der Waals surface area (Å²) in [6.07, 6.45) is 9.79. The van der Waals surface area contributed by atoms with E-state index in [2.05, 4.69) is 60.3 Å². The van der Waals surface area contributed by atoms with Crippen LogP contribution in [-0.4, -0.2) is 73.5 Å². The van der Waals surface area contributed by atoms with Gasteiger partial charge in [0.1, 0.15) is 0 Å². The summed E-state index contributed by atoms with van der Waals surface area (Å²) in [6, 6.07) is 18.1. The van der Waals surface area contributed by atoms with Crippen LogP contribution in [0.4, 0.5) is 16.4 Å². The lowest BCUT2D eigenvalue weighted by molar-refractivity contribution is 0.0696. The van der Waals surface area contributed by atoms with Gasteiger partial charge in [-0.2, -0.15) is 0 Å². The van der Waals surface area contributed by atoms with E-state index >= 15 is 0 Å². The van der Waals surface area contributed by atoms with Gasteiger partial charge in [-0.1, -0.05) is 49.6 Å². The summed E-state index contributed by atoms with van der Waals surface area (Å²) in [4.78, 5) is 41.0. The molecule has 0 radical (unpaired) electrons. The van der Waals surface area contributed by atoms with Crippen molar-refractivity contribution in [3.8, 4) is 0 Å². The first-order valence-corrected chi connectivity index (χ1v) is 15.3. The van der Waals surface area contributed by atoms with Gasteiger partial charge < -0.3 is 20.2 Å². The number of carboxylic acid groups (broad SMARTS) is 1. The number of likely N-dealkylation sites (tertiary alicyclic amines) is 1. The van der Waals surface area contributed by atoms with E-state index in [-0.39, 0.29) is 23.7 Å². The number of nitrogens with zero attached hydrogens (tertiary/aromatic N) is 5. The first-order valence-electron chi connectivity index (χ1n) is 15.3. The molecule has 2 N–H and O–H groups in total. The molecule has 2 aliphatic heterocycles. The maximum atomic E-state index is 13.9. The van der Waals surface area contributed by atoms with E-state index in [1.165, 1.54) is 24.8 Å². The molecule has 1 atom stereocenters. The molecule has 2 saturated heterocycles. The minimum atomic E-state index is -0.952. The number of piperidine rings is 1. The van der Waals surface area contributed by atoms with Crippen molar-refractivity contribution in [1.82, 2.24) is 24.7 Å². The molecule has 6 rings (SSSR count). The zero-order valence-electron chi connectivity index (χ0n) is 24.3. The summed E-state index contributed by atoms with van der Waals surface area (Å²) >= 11 is 0. The molecule has 1 aromatic heterocycles. The van der Waals surface area contributed by atoms with E-state index in [0.29, 0.717) is 12.0 Å². The fourth-order valence-electron chi connectivity index (χ4n) is 6.81. The number of aromatic nitrogens is 2. The number of aromatic carboxylic acids is 1. The van der Waals surface area contributed by atoms with Gasteiger partial charge in [-0.15, -0.1) is 0 Å². The highest BCUT2D eigenvalue weighted by Crippen LogP contribution is 2.38. The number of benzene rings is 2. The third-order valence-electron chi connectivity index (χ3n) is 9.19. The van der Waals surface area contributed by atoms with Gasteiger partial charge in [-0.3, -0.25) is 4.90 Å². The molecule has 220 valence electrons. The lowest BCUT2D eigenvalue weighted by Crippen LogP contribution is -2.48. The second-order valence-electron chi connectivity index (χ2n) is 11.9. The number of hydrogen-bond acceptors (Lipinski definition) is 6. The Kier molecular flexibility index (Phi) is 8.37.